The van der Waals surface area contributed by atoms with E-state index in [-0.39, 0.29) is 0 Å². The van der Waals surface area contributed by atoms with Crippen LogP contribution in [-0.2, 0) is 0 Å². The van der Waals surface area contributed by atoms with E-state index < -0.39 is 0 Å². The van der Waals surface area contributed by atoms with E-state index in [4.69, 9.17) is 0 Å². The fourth-order valence-electron chi connectivity index (χ4n) is 11.2. The number of thiophene rings is 1. The Morgan fingerprint density at radius 3 is 0.896 bits per heavy atom. The summed E-state index contributed by atoms with van der Waals surface area (Å²) in [5.41, 5.74) is 18.6. The second kappa shape index (κ2) is 19.8. The Morgan fingerprint density at radius 1 is 0.195 bits per heavy atom. The Kier molecular flexibility index (Phi) is 11.8. The quantitative estimate of drug-likeness (QED) is 0.119. The molecule has 0 saturated heterocycles. The molecule has 0 saturated carbocycles. The van der Waals surface area contributed by atoms with Crippen molar-refractivity contribution < 1.29 is 0 Å². The average molecular weight is 999 g/mol. The minimum Gasteiger partial charge on any atom is -0.311 e. The molecular formula is C74H50N2S. The van der Waals surface area contributed by atoms with Gasteiger partial charge in [-0.25, -0.2) is 0 Å². The molecule has 0 spiro atoms. The summed E-state index contributed by atoms with van der Waals surface area (Å²) in [6.07, 6.45) is 0. The summed E-state index contributed by atoms with van der Waals surface area (Å²) >= 11 is 1.90. The zero-order chi connectivity index (χ0) is 51.1. The Bertz CT molecular complexity index is 4200. The minimum atomic E-state index is 1.10. The summed E-state index contributed by atoms with van der Waals surface area (Å²) in [6, 6.07) is 110. The highest BCUT2D eigenvalue weighted by Gasteiger charge is 2.20. The van der Waals surface area contributed by atoms with Gasteiger partial charge in [-0.1, -0.05) is 224 Å². The summed E-state index contributed by atoms with van der Waals surface area (Å²) in [7, 11) is 0. The molecule has 77 heavy (non-hydrogen) atoms. The van der Waals surface area contributed by atoms with Crippen LogP contribution in [0.3, 0.4) is 0 Å². The number of rotatable bonds is 11. The SMILES string of the molecule is c1ccc(-c2ccc(N(c3ccc(-c4ccccc4)cc3)c3ccc(-c4ccc5c(c4)sc4c6ccc(N(c7ccc(-c8ccccc8)cc7)c7ccc(-c8ccccc8)cc7)cc6c6ccccc6c54)cc3)cc2)cc1. The van der Waals surface area contributed by atoms with Crippen LogP contribution in [0.15, 0.2) is 303 Å². The van der Waals surface area contributed by atoms with E-state index in [2.05, 4.69) is 313 Å². The largest absolute Gasteiger partial charge is 0.311 e. The zero-order valence-electron chi connectivity index (χ0n) is 42.2. The normalized spacial score (nSPS) is 11.4. The van der Waals surface area contributed by atoms with E-state index in [0.717, 1.165) is 34.1 Å². The van der Waals surface area contributed by atoms with Crippen molar-refractivity contribution in [2.24, 2.45) is 0 Å². The molecule has 14 rings (SSSR count). The second-order valence-electron chi connectivity index (χ2n) is 19.7. The predicted octanol–water partition coefficient (Wildman–Crippen LogP) is 21.6. The first-order chi connectivity index (χ1) is 38.2. The smallest absolute Gasteiger partial charge is 0.0468 e. The standard InChI is InChI=1S/C74H50N2S/c1-5-15-51(16-6-1)55-25-36-61(37-26-55)75(62-38-27-56(28-39-62)52-17-7-2-8-18-52)63-44-33-59(34-45-63)60-35-47-70-72(49-60)77-74-69-48-46-66(50-71(69)67-23-13-14-24-68(67)73(70)74)76(64-40-29-57(30-41-64)53-19-9-3-10-20-53)65-42-31-58(32-43-65)54-21-11-4-12-22-54/h1-50H. The van der Waals surface area contributed by atoms with Crippen LogP contribution in [0.5, 0.6) is 0 Å². The molecule has 13 aromatic carbocycles. The molecule has 0 unspecified atom stereocenters. The molecule has 2 nitrogen and oxygen atoms in total. The Hall–Kier alpha value is -9.80. The van der Waals surface area contributed by atoms with E-state index in [0.29, 0.717) is 0 Å². The van der Waals surface area contributed by atoms with Gasteiger partial charge in [-0.05, 0) is 151 Å². The molecule has 3 heteroatoms. The van der Waals surface area contributed by atoms with Gasteiger partial charge in [0.05, 0.1) is 0 Å². The number of hydrogen-bond acceptors (Lipinski definition) is 3. The lowest BCUT2D eigenvalue weighted by atomic mass is 9.95. The van der Waals surface area contributed by atoms with E-state index in [1.807, 2.05) is 11.3 Å². The van der Waals surface area contributed by atoms with Gasteiger partial charge >= 0.3 is 0 Å². The van der Waals surface area contributed by atoms with Gasteiger partial charge in [-0.15, -0.1) is 11.3 Å². The first-order valence-electron chi connectivity index (χ1n) is 26.3. The Labute approximate surface area is 453 Å². The lowest BCUT2D eigenvalue weighted by Crippen LogP contribution is -2.10. The first kappa shape index (κ1) is 45.8. The van der Waals surface area contributed by atoms with Gasteiger partial charge in [-0.2, -0.15) is 0 Å². The maximum Gasteiger partial charge on any atom is 0.0468 e. The van der Waals surface area contributed by atoms with Gasteiger partial charge in [0.2, 0.25) is 0 Å². The molecule has 14 aromatic rings. The molecular weight excluding hydrogens is 949 g/mol. The maximum atomic E-state index is 2.41. The van der Waals surface area contributed by atoms with Gasteiger partial charge in [-0.3, -0.25) is 0 Å². The van der Waals surface area contributed by atoms with E-state index in [9.17, 15) is 0 Å². The minimum absolute atomic E-state index is 1.10. The summed E-state index contributed by atoms with van der Waals surface area (Å²) < 4.78 is 2.59. The highest BCUT2D eigenvalue weighted by atomic mass is 32.1. The monoisotopic (exact) mass is 998 g/mol. The van der Waals surface area contributed by atoms with Gasteiger partial charge in [0.15, 0.2) is 0 Å². The number of fused-ring (bicyclic) bond motifs is 8. The van der Waals surface area contributed by atoms with Crippen LogP contribution in [-0.4, -0.2) is 0 Å². The third kappa shape index (κ3) is 8.69. The van der Waals surface area contributed by atoms with E-state index in [1.165, 1.54) is 97.4 Å². The summed E-state index contributed by atoms with van der Waals surface area (Å²) in [5.74, 6) is 0. The van der Waals surface area contributed by atoms with Crippen molar-refractivity contribution in [2.75, 3.05) is 9.80 Å². The van der Waals surface area contributed by atoms with Crippen LogP contribution in [0.2, 0.25) is 0 Å². The number of anilines is 6. The lowest BCUT2D eigenvalue weighted by Gasteiger charge is -2.26. The molecule has 1 aromatic heterocycles. The highest BCUT2D eigenvalue weighted by Crippen LogP contribution is 2.47. The van der Waals surface area contributed by atoms with Crippen molar-refractivity contribution in [3.05, 3.63) is 303 Å². The number of hydrogen-bond donors (Lipinski definition) is 0. The highest BCUT2D eigenvalue weighted by molar-refractivity contribution is 7.27. The molecule has 1 heterocycles. The summed E-state index contributed by atoms with van der Waals surface area (Å²) in [5, 5.41) is 7.64. The van der Waals surface area contributed by atoms with Gasteiger partial charge < -0.3 is 9.80 Å². The summed E-state index contributed by atoms with van der Waals surface area (Å²) in [4.78, 5) is 4.75. The first-order valence-corrected chi connectivity index (χ1v) is 27.1. The molecule has 0 aliphatic carbocycles. The fourth-order valence-corrected chi connectivity index (χ4v) is 12.5. The third-order valence-electron chi connectivity index (χ3n) is 15.1. The van der Waals surface area contributed by atoms with Gasteiger partial charge in [0.1, 0.15) is 0 Å². The third-order valence-corrected chi connectivity index (χ3v) is 16.3. The van der Waals surface area contributed by atoms with Gasteiger partial charge in [0.25, 0.3) is 0 Å². The fraction of sp³-hybridized carbons (Fsp3) is 0. The van der Waals surface area contributed by atoms with Crippen molar-refractivity contribution in [2.45, 2.75) is 0 Å². The van der Waals surface area contributed by atoms with Gasteiger partial charge in [0, 0.05) is 59.7 Å². The molecule has 362 valence electrons. The Balaban J connectivity index is 0.835. The van der Waals surface area contributed by atoms with Crippen molar-refractivity contribution in [1.29, 1.82) is 0 Å². The zero-order valence-corrected chi connectivity index (χ0v) is 43.0. The second-order valence-corrected chi connectivity index (χ2v) is 20.7. The van der Waals surface area contributed by atoms with Crippen LogP contribution in [0.25, 0.3) is 97.4 Å². The molecule has 0 N–H and O–H groups in total. The lowest BCUT2D eigenvalue weighted by molar-refractivity contribution is 1.28. The molecule has 0 radical (unpaired) electrons. The molecule has 0 bridgehead atoms. The Morgan fingerprint density at radius 2 is 0.494 bits per heavy atom. The molecule has 0 amide bonds. The molecule has 0 atom stereocenters. The molecule has 0 aliphatic rings. The molecule has 0 aliphatic heterocycles. The predicted molar refractivity (Wildman–Crippen MR) is 331 cm³/mol. The molecule has 0 fully saturated rings. The number of benzene rings is 13. The van der Waals surface area contributed by atoms with Crippen LogP contribution >= 0.6 is 11.3 Å². The average Bonchev–Trinajstić information content (AvgIpc) is 3.94. The van der Waals surface area contributed by atoms with Crippen LogP contribution in [0.4, 0.5) is 34.1 Å². The van der Waals surface area contributed by atoms with Crippen LogP contribution < -0.4 is 9.80 Å². The van der Waals surface area contributed by atoms with Crippen molar-refractivity contribution >= 4 is 87.2 Å². The maximum absolute atomic E-state index is 2.41. The van der Waals surface area contributed by atoms with Crippen molar-refractivity contribution in [1.82, 2.24) is 0 Å². The topological polar surface area (TPSA) is 6.48 Å². The van der Waals surface area contributed by atoms with Crippen molar-refractivity contribution in [3.8, 4) is 55.6 Å². The summed E-state index contributed by atoms with van der Waals surface area (Å²) in [6.45, 7) is 0. The van der Waals surface area contributed by atoms with E-state index in [1.54, 1.807) is 0 Å². The van der Waals surface area contributed by atoms with Crippen LogP contribution in [0, 0.1) is 0 Å². The van der Waals surface area contributed by atoms with E-state index >= 15 is 0 Å². The van der Waals surface area contributed by atoms with Crippen LogP contribution in [0.1, 0.15) is 0 Å². The van der Waals surface area contributed by atoms with Crippen molar-refractivity contribution in [3.63, 3.8) is 0 Å². The number of nitrogens with zero attached hydrogens (tertiary/aromatic N) is 2.